The zero-order valence-corrected chi connectivity index (χ0v) is 9.74. The summed E-state index contributed by atoms with van der Waals surface area (Å²) in [7, 11) is 1.80. The van der Waals surface area contributed by atoms with Crippen molar-refractivity contribution in [1.82, 2.24) is 9.78 Å². The number of carbonyl (C=O) groups is 1. The molecule has 0 atom stereocenters. The van der Waals surface area contributed by atoms with Gasteiger partial charge in [0, 0.05) is 7.05 Å². The first-order valence-electron chi connectivity index (χ1n) is 5.25. The number of carboxylic acid groups (broad SMARTS) is 1. The van der Waals surface area contributed by atoms with Crippen LogP contribution in [0.25, 0.3) is 0 Å². The van der Waals surface area contributed by atoms with E-state index in [2.05, 4.69) is 18.9 Å². The van der Waals surface area contributed by atoms with Gasteiger partial charge in [0.25, 0.3) is 0 Å². The first kappa shape index (κ1) is 11.8. The summed E-state index contributed by atoms with van der Waals surface area (Å²) in [6.07, 6.45) is 1.42. The van der Waals surface area contributed by atoms with Crippen LogP contribution in [0.4, 0.5) is 0 Å². The normalized spacial score (nSPS) is 11.0. The number of aryl methyl sites for hydroxylation is 1. The van der Waals surface area contributed by atoms with E-state index >= 15 is 0 Å². The van der Waals surface area contributed by atoms with Gasteiger partial charge in [0.05, 0.1) is 11.4 Å². The van der Waals surface area contributed by atoms with Crippen molar-refractivity contribution in [3.63, 3.8) is 0 Å². The van der Waals surface area contributed by atoms with Crippen LogP contribution in [-0.4, -0.2) is 20.9 Å². The Bertz CT molecular complexity index is 367. The van der Waals surface area contributed by atoms with Gasteiger partial charge in [-0.05, 0) is 18.8 Å². The molecule has 0 amide bonds. The third kappa shape index (κ3) is 2.37. The van der Waals surface area contributed by atoms with Gasteiger partial charge in [0.1, 0.15) is 5.56 Å². The lowest BCUT2D eigenvalue weighted by Gasteiger charge is -2.02. The van der Waals surface area contributed by atoms with Crippen LogP contribution in [0.15, 0.2) is 0 Å². The minimum absolute atomic E-state index is 0.397. The number of aromatic carboxylic acids is 1. The monoisotopic (exact) mass is 210 g/mol. The van der Waals surface area contributed by atoms with Gasteiger partial charge in [-0.2, -0.15) is 5.10 Å². The van der Waals surface area contributed by atoms with E-state index in [9.17, 15) is 4.79 Å². The highest BCUT2D eigenvalue weighted by Gasteiger charge is 2.21. The molecular weight excluding hydrogens is 192 g/mol. The first-order valence-corrected chi connectivity index (χ1v) is 5.25. The number of carboxylic acids is 1. The van der Waals surface area contributed by atoms with Gasteiger partial charge < -0.3 is 5.11 Å². The lowest BCUT2D eigenvalue weighted by atomic mass is 10.0. The van der Waals surface area contributed by atoms with Crippen molar-refractivity contribution in [2.45, 2.75) is 33.6 Å². The summed E-state index contributed by atoms with van der Waals surface area (Å²) in [6.45, 7) is 6.07. The zero-order chi connectivity index (χ0) is 11.6. The van der Waals surface area contributed by atoms with E-state index in [1.54, 1.807) is 11.7 Å². The van der Waals surface area contributed by atoms with E-state index in [0.717, 1.165) is 12.1 Å². The molecule has 0 saturated carbocycles. The summed E-state index contributed by atoms with van der Waals surface area (Å²) in [5.74, 6) is -0.446. The average molecular weight is 210 g/mol. The quantitative estimate of drug-likeness (QED) is 0.825. The maximum atomic E-state index is 11.1. The minimum atomic E-state index is -0.865. The Morgan fingerprint density at radius 1 is 1.53 bits per heavy atom. The standard InChI is InChI=1S/C11H18N2O2/c1-5-9-10(11(14)15)8(6-7(2)3)12-13(9)4/h7H,5-6H2,1-4H3,(H,14,15). The van der Waals surface area contributed by atoms with Crippen molar-refractivity contribution < 1.29 is 9.90 Å². The fourth-order valence-corrected chi connectivity index (χ4v) is 1.80. The second-order valence-corrected chi connectivity index (χ2v) is 4.15. The van der Waals surface area contributed by atoms with E-state index in [-0.39, 0.29) is 0 Å². The summed E-state index contributed by atoms with van der Waals surface area (Å²) in [5, 5.41) is 13.4. The Kier molecular flexibility index (Phi) is 3.50. The van der Waals surface area contributed by atoms with Crippen LogP contribution < -0.4 is 0 Å². The summed E-state index contributed by atoms with van der Waals surface area (Å²) >= 11 is 0. The fraction of sp³-hybridized carbons (Fsp3) is 0.636. The molecule has 0 aromatic carbocycles. The number of hydrogen-bond acceptors (Lipinski definition) is 2. The molecule has 1 aromatic heterocycles. The summed E-state index contributed by atoms with van der Waals surface area (Å²) in [6, 6.07) is 0. The summed E-state index contributed by atoms with van der Waals surface area (Å²) < 4.78 is 1.68. The van der Waals surface area contributed by atoms with Gasteiger partial charge >= 0.3 is 5.97 Å². The van der Waals surface area contributed by atoms with E-state index in [0.29, 0.717) is 23.6 Å². The van der Waals surface area contributed by atoms with Crippen molar-refractivity contribution >= 4 is 5.97 Å². The van der Waals surface area contributed by atoms with Gasteiger partial charge in [0.2, 0.25) is 0 Å². The Morgan fingerprint density at radius 2 is 2.13 bits per heavy atom. The van der Waals surface area contributed by atoms with Crippen molar-refractivity contribution in [2.24, 2.45) is 13.0 Å². The van der Waals surface area contributed by atoms with Gasteiger partial charge in [-0.15, -0.1) is 0 Å². The maximum absolute atomic E-state index is 11.1. The Morgan fingerprint density at radius 3 is 2.53 bits per heavy atom. The highest BCUT2D eigenvalue weighted by atomic mass is 16.4. The minimum Gasteiger partial charge on any atom is -0.478 e. The molecule has 0 aliphatic carbocycles. The van der Waals surface area contributed by atoms with E-state index in [1.165, 1.54) is 0 Å². The van der Waals surface area contributed by atoms with Gasteiger partial charge in [0.15, 0.2) is 0 Å². The highest BCUT2D eigenvalue weighted by Crippen LogP contribution is 2.17. The third-order valence-corrected chi connectivity index (χ3v) is 2.39. The third-order valence-electron chi connectivity index (χ3n) is 2.39. The van der Waals surface area contributed by atoms with Gasteiger partial charge in [-0.25, -0.2) is 4.79 Å². The molecule has 1 N–H and O–H groups in total. The molecule has 84 valence electrons. The molecule has 0 unspecified atom stereocenters. The second kappa shape index (κ2) is 4.47. The van der Waals surface area contributed by atoms with E-state index in [1.807, 2.05) is 6.92 Å². The van der Waals surface area contributed by atoms with Crippen molar-refractivity contribution in [2.75, 3.05) is 0 Å². The van der Waals surface area contributed by atoms with E-state index in [4.69, 9.17) is 5.11 Å². The molecule has 0 radical (unpaired) electrons. The molecular formula is C11H18N2O2. The first-order chi connectivity index (χ1) is 6.97. The molecule has 0 spiro atoms. The molecule has 4 nitrogen and oxygen atoms in total. The molecule has 0 aliphatic heterocycles. The van der Waals surface area contributed by atoms with Crippen molar-refractivity contribution in [3.05, 3.63) is 17.0 Å². The van der Waals surface area contributed by atoms with Gasteiger partial charge in [-0.1, -0.05) is 20.8 Å². The average Bonchev–Trinajstić information content (AvgIpc) is 2.40. The lowest BCUT2D eigenvalue weighted by Crippen LogP contribution is -2.06. The molecule has 0 bridgehead atoms. The summed E-state index contributed by atoms with van der Waals surface area (Å²) in [5.41, 5.74) is 1.91. The van der Waals surface area contributed by atoms with Crippen LogP contribution in [0.1, 0.15) is 42.5 Å². The molecule has 4 heteroatoms. The molecule has 0 fully saturated rings. The lowest BCUT2D eigenvalue weighted by molar-refractivity contribution is 0.0694. The smallest absolute Gasteiger partial charge is 0.339 e. The molecule has 1 heterocycles. The number of rotatable bonds is 4. The van der Waals surface area contributed by atoms with Crippen LogP contribution in [0.2, 0.25) is 0 Å². The molecule has 0 saturated heterocycles. The maximum Gasteiger partial charge on any atom is 0.339 e. The van der Waals surface area contributed by atoms with Crippen LogP contribution in [0.3, 0.4) is 0 Å². The topological polar surface area (TPSA) is 55.1 Å². The number of nitrogens with zero attached hydrogens (tertiary/aromatic N) is 2. The summed E-state index contributed by atoms with van der Waals surface area (Å²) in [4.78, 5) is 11.1. The highest BCUT2D eigenvalue weighted by molar-refractivity contribution is 5.90. The van der Waals surface area contributed by atoms with Crippen molar-refractivity contribution in [3.8, 4) is 0 Å². The molecule has 1 aromatic rings. The number of aromatic nitrogens is 2. The van der Waals surface area contributed by atoms with Crippen LogP contribution >= 0.6 is 0 Å². The SMILES string of the molecule is CCc1c(C(=O)O)c(CC(C)C)nn1C. The Balaban J connectivity index is 3.20. The van der Waals surface area contributed by atoms with Crippen LogP contribution in [0, 0.1) is 5.92 Å². The zero-order valence-electron chi connectivity index (χ0n) is 9.74. The van der Waals surface area contributed by atoms with Crippen LogP contribution in [-0.2, 0) is 19.9 Å². The van der Waals surface area contributed by atoms with E-state index < -0.39 is 5.97 Å². The Labute approximate surface area is 89.9 Å². The molecule has 0 aliphatic rings. The molecule has 1 rings (SSSR count). The van der Waals surface area contributed by atoms with Crippen molar-refractivity contribution in [1.29, 1.82) is 0 Å². The fourth-order valence-electron chi connectivity index (χ4n) is 1.80. The second-order valence-electron chi connectivity index (χ2n) is 4.15. The predicted molar refractivity (Wildman–Crippen MR) is 58.1 cm³/mol. The van der Waals surface area contributed by atoms with Gasteiger partial charge in [-0.3, -0.25) is 4.68 Å². The molecule has 15 heavy (non-hydrogen) atoms. The Hall–Kier alpha value is -1.32. The van der Waals surface area contributed by atoms with Crippen LogP contribution in [0.5, 0.6) is 0 Å². The number of hydrogen-bond donors (Lipinski definition) is 1. The predicted octanol–water partition coefficient (Wildman–Crippen LogP) is 1.88. The largest absolute Gasteiger partial charge is 0.478 e.